The lowest BCUT2D eigenvalue weighted by Crippen LogP contribution is -2.37. The zero-order valence-corrected chi connectivity index (χ0v) is 10.7. The number of hydrogen-bond donors (Lipinski definition) is 2. The molecule has 2 saturated heterocycles. The van der Waals surface area contributed by atoms with E-state index in [1.54, 1.807) is 0 Å². The summed E-state index contributed by atoms with van der Waals surface area (Å²) in [6.07, 6.45) is 6.82. The number of ether oxygens (including phenoxy) is 1. The van der Waals surface area contributed by atoms with E-state index in [0.29, 0.717) is 24.7 Å². The van der Waals surface area contributed by atoms with Gasteiger partial charge < -0.3 is 15.4 Å². The fraction of sp³-hybridized carbons (Fsp3) is 0.923. The fourth-order valence-corrected chi connectivity index (χ4v) is 2.65. The summed E-state index contributed by atoms with van der Waals surface area (Å²) < 4.78 is 5.70. The molecule has 0 spiro atoms. The van der Waals surface area contributed by atoms with Crippen LogP contribution >= 0.6 is 0 Å². The van der Waals surface area contributed by atoms with E-state index in [9.17, 15) is 4.79 Å². The number of carbonyl (C=O) groups is 1. The van der Waals surface area contributed by atoms with Gasteiger partial charge in [-0.2, -0.15) is 0 Å². The second-order valence-corrected chi connectivity index (χ2v) is 5.28. The maximum Gasteiger partial charge on any atom is 0.220 e. The normalized spacial score (nSPS) is 32.9. The third kappa shape index (κ3) is 4.28. The van der Waals surface area contributed by atoms with Crippen LogP contribution in [0.2, 0.25) is 0 Å². The first-order chi connectivity index (χ1) is 8.24. The van der Waals surface area contributed by atoms with Gasteiger partial charge in [0, 0.05) is 19.0 Å². The molecule has 98 valence electrons. The molecule has 17 heavy (non-hydrogen) atoms. The minimum absolute atomic E-state index is 0.168. The van der Waals surface area contributed by atoms with Gasteiger partial charge in [0.1, 0.15) is 0 Å². The van der Waals surface area contributed by atoms with Gasteiger partial charge in [0.05, 0.1) is 12.2 Å². The van der Waals surface area contributed by atoms with Crippen LogP contribution in [0.4, 0.5) is 0 Å². The van der Waals surface area contributed by atoms with Gasteiger partial charge in [-0.25, -0.2) is 0 Å². The Morgan fingerprint density at radius 2 is 2.29 bits per heavy atom. The molecule has 3 unspecified atom stereocenters. The Kier molecular flexibility index (Phi) is 4.80. The van der Waals surface area contributed by atoms with E-state index < -0.39 is 0 Å². The highest BCUT2D eigenvalue weighted by molar-refractivity contribution is 5.75. The predicted octanol–water partition coefficient (Wildman–Crippen LogP) is 1.20. The Morgan fingerprint density at radius 1 is 1.41 bits per heavy atom. The average molecular weight is 240 g/mol. The molecule has 0 saturated carbocycles. The lowest BCUT2D eigenvalue weighted by Gasteiger charge is -2.13. The number of hydrogen-bond acceptors (Lipinski definition) is 3. The quantitative estimate of drug-likeness (QED) is 0.759. The molecule has 0 aliphatic carbocycles. The zero-order valence-electron chi connectivity index (χ0n) is 10.7. The summed E-state index contributed by atoms with van der Waals surface area (Å²) in [5, 5.41) is 6.38. The first kappa shape index (κ1) is 12.8. The first-order valence-corrected chi connectivity index (χ1v) is 6.89. The number of carbonyl (C=O) groups excluding carboxylic acids is 1. The van der Waals surface area contributed by atoms with Crippen LogP contribution in [0.1, 0.15) is 45.4 Å². The lowest BCUT2D eigenvalue weighted by molar-refractivity contribution is -0.121. The molecular formula is C13H24N2O2. The molecule has 2 fully saturated rings. The molecule has 0 aromatic heterocycles. The second kappa shape index (κ2) is 6.36. The van der Waals surface area contributed by atoms with Crippen molar-refractivity contribution in [2.75, 3.05) is 13.1 Å². The summed E-state index contributed by atoms with van der Waals surface area (Å²) in [6, 6.07) is 0.488. The van der Waals surface area contributed by atoms with Crippen LogP contribution in [-0.2, 0) is 9.53 Å². The van der Waals surface area contributed by atoms with E-state index in [-0.39, 0.29) is 5.91 Å². The molecule has 0 aromatic carbocycles. The molecule has 2 aliphatic heterocycles. The zero-order chi connectivity index (χ0) is 12.1. The molecule has 2 rings (SSSR count). The van der Waals surface area contributed by atoms with Gasteiger partial charge in [0.15, 0.2) is 0 Å². The SMILES string of the molecule is CC1CCC(CCC(=O)NCC2CCCN2)O1. The van der Waals surface area contributed by atoms with Crippen LogP contribution < -0.4 is 10.6 Å². The molecule has 0 bridgehead atoms. The minimum atomic E-state index is 0.168. The van der Waals surface area contributed by atoms with Gasteiger partial charge in [0.2, 0.25) is 5.91 Å². The molecule has 3 atom stereocenters. The average Bonchev–Trinajstić information content (AvgIpc) is 2.95. The van der Waals surface area contributed by atoms with Gasteiger partial charge in [0.25, 0.3) is 0 Å². The van der Waals surface area contributed by atoms with Crippen LogP contribution in [0.3, 0.4) is 0 Å². The molecule has 2 aliphatic rings. The van der Waals surface area contributed by atoms with Crippen molar-refractivity contribution in [2.45, 2.75) is 63.7 Å². The van der Waals surface area contributed by atoms with Crippen molar-refractivity contribution in [1.82, 2.24) is 10.6 Å². The van der Waals surface area contributed by atoms with Crippen molar-refractivity contribution in [3.05, 3.63) is 0 Å². The van der Waals surface area contributed by atoms with Crippen molar-refractivity contribution < 1.29 is 9.53 Å². The highest BCUT2D eigenvalue weighted by atomic mass is 16.5. The summed E-state index contributed by atoms with van der Waals surface area (Å²) in [5.74, 6) is 0.168. The van der Waals surface area contributed by atoms with Gasteiger partial charge in [-0.1, -0.05) is 0 Å². The number of amides is 1. The molecular weight excluding hydrogens is 216 g/mol. The van der Waals surface area contributed by atoms with Crippen LogP contribution in [0.25, 0.3) is 0 Å². The summed E-state index contributed by atoms with van der Waals surface area (Å²) in [6.45, 7) is 3.97. The molecule has 0 aromatic rings. The molecule has 2 N–H and O–H groups in total. The van der Waals surface area contributed by atoms with Crippen molar-refractivity contribution in [1.29, 1.82) is 0 Å². The molecule has 0 radical (unpaired) electrons. The Balaban J connectivity index is 1.54. The standard InChI is InChI=1S/C13H24N2O2/c1-10-4-5-12(17-10)6-7-13(16)15-9-11-3-2-8-14-11/h10-12,14H,2-9H2,1H3,(H,15,16). The predicted molar refractivity (Wildman–Crippen MR) is 66.8 cm³/mol. The Hall–Kier alpha value is -0.610. The van der Waals surface area contributed by atoms with Crippen molar-refractivity contribution in [2.24, 2.45) is 0 Å². The van der Waals surface area contributed by atoms with Gasteiger partial charge >= 0.3 is 0 Å². The highest BCUT2D eigenvalue weighted by Gasteiger charge is 2.22. The number of rotatable bonds is 5. The summed E-state index contributed by atoms with van der Waals surface area (Å²) in [4.78, 5) is 11.6. The molecule has 2 heterocycles. The molecule has 1 amide bonds. The monoisotopic (exact) mass is 240 g/mol. The third-order valence-electron chi connectivity index (χ3n) is 3.72. The topological polar surface area (TPSA) is 50.4 Å². The fourth-order valence-electron chi connectivity index (χ4n) is 2.65. The van der Waals surface area contributed by atoms with E-state index >= 15 is 0 Å². The van der Waals surface area contributed by atoms with Crippen LogP contribution in [0.5, 0.6) is 0 Å². The minimum Gasteiger partial charge on any atom is -0.375 e. The van der Waals surface area contributed by atoms with Crippen molar-refractivity contribution >= 4 is 5.91 Å². The molecule has 4 heteroatoms. The van der Waals surface area contributed by atoms with Crippen LogP contribution in [0, 0.1) is 0 Å². The van der Waals surface area contributed by atoms with E-state index in [4.69, 9.17) is 4.74 Å². The number of nitrogens with one attached hydrogen (secondary N) is 2. The van der Waals surface area contributed by atoms with Crippen molar-refractivity contribution in [3.63, 3.8) is 0 Å². The van der Waals surface area contributed by atoms with E-state index in [0.717, 1.165) is 32.4 Å². The van der Waals surface area contributed by atoms with Gasteiger partial charge in [-0.05, 0) is 45.6 Å². The Bertz CT molecular complexity index is 252. The van der Waals surface area contributed by atoms with Crippen LogP contribution in [-0.4, -0.2) is 37.2 Å². The summed E-state index contributed by atoms with van der Waals surface area (Å²) in [5.41, 5.74) is 0. The Morgan fingerprint density at radius 3 is 2.94 bits per heavy atom. The lowest BCUT2D eigenvalue weighted by atomic mass is 10.1. The smallest absolute Gasteiger partial charge is 0.220 e. The third-order valence-corrected chi connectivity index (χ3v) is 3.72. The summed E-state index contributed by atoms with van der Waals surface area (Å²) >= 11 is 0. The van der Waals surface area contributed by atoms with E-state index in [2.05, 4.69) is 17.6 Å². The molecule has 4 nitrogen and oxygen atoms in total. The van der Waals surface area contributed by atoms with E-state index in [1.807, 2.05) is 0 Å². The second-order valence-electron chi connectivity index (χ2n) is 5.28. The first-order valence-electron chi connectivity index (χ1n) is 6.89. The maximum atomic E-state index is 11.6. The van der Waals surface area contributed by atoms with Crippen molar-refractivity contribution in [3.8, 4) is 0 Å². The van der Waals surface area contributed by atoms with E-state index in [1.165, 1.54) is 12.8 Å². The maximum absolute atomic E-state index is 11.6. The highest BCUT2D eigenvalue weighted by Crippen LogP contribution is 2.22. The van der Waals surface area contributed by atoms with Gasteiger partial charge in [-0.3, -0.25) is 4.79 Å². The Labute approximate surface area is 103 Å². The summed E-state index contributed by atoms with van der Waals surface area (Å²) in [7, 11) is 0. The van der Waals surface area contributed by atoms with Gasteiger partial charge in [-0.15, -0.1) is 0 Å². The largest absolute Gasteiger partial charge is 0.375 e. The van der Waals surface area contributed by atoms with Crippen LogP contribution in [0.15, 0.2) is 0 Å².